The molecule has 21 heavy (non-hydrogen) atoms. The number of benzene rings is 2. The van der Waals surface area contributed by atoms with Crippen molar-refractivity contribution in [3.8, 4) is 5.75 Å². The zero-order valence-corrected chi connectivity index (χ0v) is 13.7. The van der Waals surface area contributed by atoms with Gasteiger partial charge in [-0.1, -0.05) is 18.2 Å². The number of carbonyl (C=O) groups excluding carboxylic acids is 1. The van der Waals surface area contributed by atoms with E-state index in [1.165, 1.54) is 18.2 Å². The van der Waals surface area contributed by atoms with Gasteiger partial charge < -0.3 is 10.1 Å². The van der Waals surface area contributed by atoms with Crippen molar-refractivity contribution >= 4 is 28.5 Å². The zero-order valence-electron chi connectivity index (χ0n) is 11.5. The third-order valence-corrected chi connectivity index (χ3v) is 3.94. The van der Waals surface area contributed by atoms with Crippen molar-refractivity contribution in [2.45, 2.75) is 6.42 Å². The second-order valence-corrected chi connectivity index (χ2v) is 5.60. The molecule has 0 atom stereocenters. The summed E-state index contributed by atoms with van der Waals surface area (Å²) in [6, 6.07) is 11.8. The van der Waals surface area contributed by atoms with Gasteiger partial charge in [0.1, 0.15) is 11.6 Å². The quantitative estimate of drug-likeness (QED) is 0.783. The van der Waals surface area contributed by atoms with Crippen LogP contribution in [0.15, 0.2) is 42.5 Å². The number of carbonyl (C=O) groups is 1. The van der Waals surface area contributed by atoms with Gasteiger partial charge in [0, 0.05) is 10.1 Å². The first-order valence-corrected chi connectivity index (χ1v) is 7.55. The third kappa shape index (κ3) is 4.17. The lowest BCUT2D eigenvalue weighted by Gasteiger charge is -2.10. The van der Waals surface area contributed by atoms with Crippen molar-refractivity contribution in [3.05, 3.63) is 63.0 Å². The van der Waals surface area contributed by atoms with E-state index >= 15 is 0 Å². The van der Waals surface area contributed by atoms with Crippen LogP contribution in [-0.4, -0.2) is 19.6 Å². The van der Waals surface area contributed by atoms with Crippen LogP contribution in [-0.2, 0) is 6.42 Å². The molecule has 0 aromatic heterocycles. The van der Waals surface area contributed by atoms with Crippen LogP contribution in [0.4, 0.5) is 4.39 Å². The summed E-state index contributed by atoms with van der Waals surface area (Å²) < 4.78 is 18.9. The van der Waals surface area contributed by atoms with E-state index in [4.69, 9.17) is 4.74 Å². The molecule has 0 bridgehead atoms. The van der Waals surface area contributed by atoms with Gasteiger partial charge in [-0.3, -0.25) is 4.79 Å². The highest BCUT2D eigenvalue weighted by Crippen LogP contribution is 2.17. The zero-order chi connectivity index (χ0) is 15.2. The smallest absolute Gasteiger partial charge is 0.252 e. The van der Waals surface area contributed by atoms with Gasteiger partial charge in [0.25, 0.3) is 5.91 Å². The molecule has 0 heterocycles. The highest BCUT2D eigenvalue weighted by atomic mass is 127. The van der Waals surface area contributed by atoms with Crippen molar-refractivity contribution in [2.24, 2.45) is 0 Å². The maximum atomic E-state index is 13.0. The largest absolute Gasteiger partial charge is 0.496 e. The van der Waals surface area contributed by atoms with Crippen molar-refractivity contribution in [1.82, 2.24) is 5.32 Å². The van der Waals surface area contributed by atoms with E-state index in [1.54, 1.807) is 7.11 Å². The molecule has 2 aromatic carbocycles. The van der Waals surface area contributed by atoms with Gasteiger partial charge in [-0.2, -0.15) is 0 Å². The first-order valence-electron chi connectivity index (χ1n) is 6.47. The minimum Gasteiger partial charge on any atom is -0.496 e. The fraction of sp³-hybridized carbons (Fsp3) is 0.188. The van der Waals surface area contributed by atoms with Crippen molar-refractivity contribution in [1.29, 1.82) is 0 Å². The number of para-hydroxylation sites is 1. The molecule has 3 nitrogen and oxygen atoms in total. The standard InChI is InChI=1S/C16H15FINO2/c1-21-15-5-3-2-4-11(15)8-9-19-16(20)13-7-6-12(17)10-14(13)18/h2-7,10H,8-9H2,1H3,(H,19,20). The molecule has 0 unspecified atom stereocenters. The average molecular weight is 399 g/mol. The number of hydrogen-bond donors (Lipinski definition) is 1. The van der Waals surface area contributed by atoms with Gasteiger partial charge in [-0.25, -0.2) is 4.39 Å². The molecule has 0 aliphatic heterocycles. The molecule has 0 saturated heterocycles. The first kappa shape index (κ1) is 15.8. The number of nitrogens with one attached hydrogen (secondary N) is 1. The second kappa shape index (κ2) is 7.40. The lowest BCUT2D eigenvalue weighted by atomic mass is 10.1. The Balaban J connectivity index is 1.95. The maximum Gasteiger partial charge on any atom is 0.252 e. The molecule has 5 heteroatoms. The summed E-state index contributed by atoms with van der Waals surface area (Å²) in [5.41, 5.74) is 1.52. The normalized spacial score (nSPS) is 10.2. The minimum absolute atomic E-state index is 0.200. The van der Waals surface area contributed by atoms with Gasteiger partial charge >= 0.3 is 0 Å². The number of ether oxygens (including phenoxy) is 1. The molecule has 0 spiro atoms. The maximum absolute atomic E-state index is 13.0. The van der Waals surface area contributed by atoms with E-state index in [2.05, 4.69) is 5.32 Å². The lowest BCUT2D eigenvalue weighted by molar-refractivity contribution is 0.0953. The van der Waals surface area contributed by atoms with E-state index in [0.29, 0.717) is 22.1 Å². The fourth-order valence-electron chi connectivity index (χ4n) is 1.99. The summed E-state index contributed by atoms with van der Waals surface area (Å²) in [5.74, 6) is 0.266. The van der Waals surface area contributed by atoms with Crippen LogP contribution in [0.2, 0.25) is 0 Å². The van der Waals surface area contributed by atoms with Crippen molar-refractivity contribution in [2.75, 3.05) is 13.7 Å². The summed E-state index contributed by atoms with van der Waals surface area (Å²) >= 11 is 1.96. The molecule has 1 N–H and O–H groups in total. The Hall–Kier alpha value is -1.63. The Bertz CT molecular complexity index is 646. The van der Waals surface area contributed by atoms with Crippen LogP contribution in [0.1, 0.15) is 15.9 Å². The molecular weight excluding hydrogens is 384 g/mol. The molecule has 0 aliphatic rings. The molecule has 0 radical (unpaired) electrons. The molecule has 0 saturated carbocycles. The average Bonchev–Trinajstić information content (AvgIpc) is 2.47. The van der Waals surface area contributed by atoms with E-state index in [-0.39, 0.29) is 11.7 Å². The number of amides is 1. The predicted octanol–water partition coefficient (Wildman–Crippen LogP) is 3.41. The van der Waals surface area contributed by atoms with Crippen LogP contribution in [0, 0.1) is 9.39 Å². The Morgan fingerprint density at radius 2 is 2.05 bits per heavy atom. The summed E-state index contributed by atoms with van der Waals surface area (Å²) in [4.78, 5) is 12.1. The Morgan fingerprint density at radius 3 is 2.76 bits per heavy atom. The molecule has 0 fully saturated rings. The molecule has 110 valence electrons. The van der Waals surface area contributed by atoms with Gasteiger partial charge in [-0.05, 0) is 58.8 Å². The molecule has 2 rings (SSSR count). The SMILES string of the molecule is COc1ccccc1CCNC(=O)c1ccc(F)cc1I. The van der Waals surface area contributed by atoms with E-state index < -0.39 is 0 Å². The molecule has 1 amide bonds. The fourth-order valence-corrected chi connectivity index (χ4v) is 2.71. The lowest BCUT2D eigenvalue weighted by Crippen LogP contribution is -2.26. The van der Waals surface area contributed by atoms with Gasteiger partial charge in [0.05, 0.1) is 12.7 Å². The van der Waals surface area contributed by atoms with Gasteiger partial charge in [-0.15, -0.1) is 0 Å². The van der Waals surface area contributed by atoms with Crippen molar-refractivity contribution in [3.63, 3.8) is 0 Å². The number of rotatable bonds is 5. The Labute approximate surface area is 136 Å². The number of hydrogen-bond acceptors (Lipinski definition) is 2. The van der Waals surface area contributed by atoms with E-state index in [0.717, 1.165) is 11.3 Å². The van der Waals surface area contributed by atoms with Crippen molar-refractivity contribution < 1.29 is 13.9 Å². The number of halogens is 2. The summed E-state index contributed by atoms with van der Waals surface area (Å²) in [6.07, 6.45) is 0.674. The third-order valence-electron chi connectivity index (χ3n) is 3.05. The van der Waals surface area contributed by atoms with Crippen LogP contribution >= 0.6 is 22.6 Å². The first-order chi connectivity index (χ1) is 10.1. The van der Waals surface area contributed by atoms with Crippen LogP contribution < -0.4 is 10.1 Å². The van der Waals surface area contributed by atoms with Crippen LogP contribution in [0.5, 0.6) is 5.75 Å². The summed E-state index contributed by atoms with van der Waals surface area (Å²) in [5, 5.41) is 2.84. The Kier molecular flexibility index (Phi) is 5.55. The second-order valence-electron chi connectivity index (χ2n) is 4.44. The van der Waals surface area contributed by atoms with Crippen LogP contribution in [0.3, 0.4) is 0 Å². The number of methoxy groups -OCH3 is 1. The summed E-state index contributed by atoms with van der Waals surface area (Å²) in [6.45, 7) is 0.493. The van der Waals surface area contributed by atoms with E-state index in [1.807, 2.05) is 46.9 Å². The van der Waals surface area contributed by atoms with Gasteiger partial charge in [0.15, 0.2) is 0 Å². The molecule has 2 aromatic rings. The van der Waals surface area contributed by atoms with E-state index in [9.17, 15) is 9.18 Å². The summed E-state index contributed by atoms with van der Waals surface area (Å²) in [7, 11) is 1.62. The topological polar surface area (TPSA) is 38.3 Å². The molecule has 0 aliphatic carbocycles. The molecular formula is C16H15FINO2. The highest BCUT2D eigenvalue weighted by molar-refractivity contribution is 14.1. The highest BCUT2D eigenvalue weighted by Gasteiger charge is 2.10. The van der Waals surface area contributed by atoms with Crippen LogP contribution in [0.25, 0.3) is 0 Å². The predicted molar refractivity (Wildman–Crippen MR) is 88.1 cm³/mol. The van der Waals surface area contributed by atoms with Gasteiger partial charge in [0.2, 0.25) is 0 Å². The monoisotopic (exact) mass is 399 g/mol. The minimum atomic E-state index is -0.343. The Morgan fingerprint density at radius 1 is 1.29 bits per heavy atom.